The molecule has 6 unspecified atom stereocenters. The highest BCUT2D eigenvalue weighted by atomic mass is 16.5. The van der Waals surface area contributed by atoms with Gasteiger partial charge in [0.25, 0.3) is 0 Å². The van der Waals surface area contributed by atoms with Crippen molar-refractivity contribution in [3.05, 3.63) is 107 Å². The van der Waals surface area contributed by atoms with E-state index < -0.39 is 11.7 Å². The Bertz CT molecular complexity index is 2120. The van der Waals surface area contributed by atoms with E-state index in [2.05, 4.69) is 52.8 Å². The van der Waals surface area contributed by atoms with E-state index in [0.29, 0.717) is 31.3 Å². The maximum atomic E-state index is 13.5. The number of ether oxygens (including phenoxy) is 4. The number of carbonyl (C=O) groups excluding carboxylic acids is 2. The first-order valence-corrected chi connectivity index (χ1v) is 27.1. The van der Waals surface area contributed by atoms with Crippen LogP contribution in [-0.2, 0) is 24.7 Å². The van der Waals surface area contributed by atoms with Crippen LogP contribution in [0.3, 0.4) is 0 Å². The number of aliphatic hydroxyl groups excluding tert-OH is 1. The first kappa shape index (κ1) is 51.2. The Hall–Kier alpha value is -4.14. The van der Waals surface area contributed by atoms with Crippen molar-refractivity contribution in [2.24, 2.45) is 52.3 Å². The smallest absolute Gasteiger partial charge is 0.306 e. The number of nitrogens with zero attached hydrogens (tertiary/aromatic N) is 1. The van der Waals surface area contributed by atoms with Crippen molar-refractivity contribution in [3.8, 4) is 11.5 Å². The van der Waals surface area contributed by atoms with Gasteiger partial charge in [0.05, 0.1) is 26.9 Å². The largest absolute Gasteiger partial charge is 0.497 e. The number of amides is 1. The van der Waals surface area contributed by atoms with Crippen LogP contribution in [0.4, 0.5) is 0 Å². The van der Waals surface area contributed by atoms with E-state index in [4.69, 9.17) is 18.9 Å². The SMILES string of the molecule is COc1ccc(C(OCC2CN(C(=O)CCCCCCC(=O)O[C@H]3CC[C@@]4(C)C(=CCC5C4CC[C@@]4(C)C5CC[C@@H]4C(C)CCCC(C)C)C3)CC2O)(c2ccccc2)c2ccc(OC)cc2)cc1. The van der Waals surface area contributed by atoms with Crippen molar-refractivity contribution in [2.75, 3.05) is 33.9 Å². The average molecular weight is 944 g/mol. The van der Waals surface area contributed by atoms with Gasteiger partial charge in [-0.25, -0.2) is 0 Å². The average Bonchev–Trinajstić information content (AvgIpc) is 3.92. The predicted octanol–water partition coefficient (Wildman–Crippen LogP) is 13.1. The number of rotatable bonds is 21. The summed E-state index contributed by atoms with van der Waals surface area (Å²) >= 11 is 0. The predicted molar refractivity (Wildman–Crippen MR) is 275 cm³/mol. The lowest BCUT2D eigenvalue weighted by Gasteiger charge is -2.58. The molecule has 8 rings (SSSR count). The number of benzene rings is 3. The highest BCUT2D eigenvalue weighted by molar-refractivity contribution is 5.76. The van der Waals surface area contributed by atoms with E-state index in [1.165, 1.54) is 51.4 Å². The standard InChI is InChI=1S/C61H85NO7/c1-42(2)16-15-17-43(3)53-32-33-54-52-31-26-48-38-51(34-36-59(48,4)55(52)35-37-60(53,54)5)69-58(65)21-14-9-8-13-20-57(64)62-39-44(56(63)40-62)41-68-61(45-18-11-10-12-19-45,46-22-27-49(66-6)28-23-46)47-24-29-50(67-7)30-25-47/h10-12,18-19,22-30,42-44,51-56,63H,8-9,13-17,20-21,31-41H2,1-7H3/t43?,44?,51-,52?,53+,54?,55?,56?,59-,60+/m0/s1. The van der Waals surface area contributed by atoms with Gasteiger partial charge >= 0.3 is 5.97 Å². The maximum Gasteiger partial charge on any atom is 0.306 e. The van der Waals surface area contributed by atoms with Crippen molar-refractivity contribution in [1.29, 1.82) is 0 Å². The van der Waals surface area contributed by atoms with Crippen LogP contribution in [0.2, 0.25) is 0 Å². The second-order valence-electron chi connectivity index (χ2n) is 23.0. The topological polar surface area (TPSA) is 94.5 Å². The van der Waals surface area contributed by atoms with Crippen molar-refractivity contribution in [1.82, 2.24) is 4.90 Å². The van der Waals surface area contributed by atoms with Crippen molar-refractivity contribution in [2.45, 2.75) is 162 Å². The molecular formula is C61H85NO7. The zero-order valence-electron chi connectivity index (χ0n) is 43.3. The molecule has 10 atom stereocenters. The number of hydrogen-bond acceptors (Lipinski definition) is 7. The Morgan fingerprint density at radius 3 is 2.04 bits per heavy atom. The number of fused-ring (bicyclic) bond motifs is 5. The van der Waals surface area contributed by atoms with Crippen LogP contribution in [0.25, 0.3) is 0 Å². The maximum absolute atomic E-state index is 13.5. The molecule has 5 aliphatic rings. The van der Waals surface area contributed by atoms with E-state index in [-0.39, 0.29) is 35.9 Å². The number of likely N-dealkylation sites (tertiary alicyclic amines) is 1. The van der Waals surface area contributed by atoms with E-state index in [0.717, 1.165) is 109 Å². The molecule has 1 saturated heterocycles. The minimum absolute atomic E-state index is 0.00733. The number of aliphatic hydroxyl groups is 1. The normalized spacial score (nSPS) is 29.1. The van der Waals surface area contributed by atoms with Gasteiger partial charge in [-0.05, 0) is 145 Å². The third kappa shape index (κ3) is 11.0. The third-order valence-electron chi connectivity index (χ3n) is 18.5. The summed E-state index contributed by atoms with van der Waals surface area (Å²) in [5.74, 6) is 6.16. The molecule has 4 aliphatic carbocycles. The molecular weight excluding hydrogens is 859 g/mol. The minimum Gasteiger partial charge on any atom is -0.497 e. The van der Waals surface area contributed by atoms with Gasteiger partial charge in [-0.2, -0.15) is 0 Å². The van der Waals surface area contributed by atoms with Gasteiger partial charge in [0.15, 0.2) is 0 Å². The second-order valence-corrected chi connectivity index (χ2v) is 23.0. The summed E-state index contributed by atoms with van der Waals surface area (Å²) in [7, 11) is 3.31. The highest BCUT2D eigenvalue weighted by Crippen LogP contribution is 2.67. The quantitative estimate of drug-likeness (QED) is 0.0492. The first-order valence-electron chi connectivity index (χ1n) is 27.1. The molecule has 8 nitrogen and oxygen atoms in total. The fourth-order valence-corrected chi connectivity index (χ4v) is 14.6. The molecule has 3 aromatic carbocycles. The van der Waals surface area contributed by atoms with Gasteiger partial charge in [-0.1, -0.05) is 133 Å². The molecule has 8 heteroatoms. The number of unbranched alkanes of at least 4 members (excludes halogenated alkanes) is 3. The number of β-amino-alcohol motifs (C(OH)–C–C–N with tert-alkyl or cyclic N) is 1. The summed E-state index contributed by atoms with van der Waals surface area (Å²) in [4.78, 5) is 28.5. The zero-order chi connectivity index (χ0) is 48.8. The van der Waals surface area contributed by atoms with Crippen LogP contribution in [0, 0.1) is 52.3 Å². The molecule has 0 aromatic heterocycles. The van der Waals surface area contributed by atoms with E-state index >= 15 is 0 Å². The lowest BCUT2D eigenvalue weighted by atomic mass is 9.47. The fraction of sp³-hybridized carbons (Fsp3) is 0.639. The first-order chi connectivity index (χ1) is 33.3. The molecule has 1 amide bonds. The van der Waals surface area contributed by atoms with E-state index in [9.17, 15) is 14.7 Å². The molecule has 376 valence electrons. The van der Waals surface area contributed by atoms with Gasteiger partial charge < -0.3 is 29.0 Å². The molecule has 1 aliphatic heterocycles. The molecule has 1 N–H and O–H groups in total. The lowest BCUT2D eigenvalue weighted by molar-refractivity contribution is -0.151. The molecule has 4 fully saturated rings. The van der Waals surface area contributed by atoms with Gasteiger partial charge in [-0.15, -0.1) is 0 Å². The van der Waals surface area contributed by atoms with Crippen molar-refractivity contribution >= 4 is 11.9 Å². The third-order valence-corrected chi connectivity index (χ3v) is 18.5. The van der Waals surface area contributed by atoms with Crippen LogP contribution in [0.5, 0.6) is 11.5 Å². The molecule has 69 heavy (non-hydrogen) atoms. The van der Waals surface area contributed by atoms with E-state index in [1.807, 2.05) is 66.7 Å². The van der Waals surface area contributed by atoms with Crippen LogP contribution < -0.4 is 9.47 Å². The van der Waals surface area contributed by atoms with Gasteiger partial charge in [0.2, 0.25) is 5.91 Å². The van der Waals surface area contributed by atoms with Crippen LogP contribution in [0.15, 0.2) is 90.5 Å². The van der Waals surface area contributed by atoms with Crippen molar-refractivity contribution in [3.63, 3.8) is 0 Å². The summed E-state index contributed by atoms with van der Waals surface area (Å²) in [6.07, 6.45) is 20.0. The Balaban J connectivity index is 0.774. The summed E-state index contributed by atoms with van der Waals surface area (Å²) < 4.78 is 24.2. The van der Waals surface area contributed by atoms with Crippen LogP contribution in [0.1, 0.15) is 160 Å². The Morgan fingerprint density at radius 2 is 1.39 bits per heavy atom. The Kier molecular flexibility index (Phi) is 16.7. The summed E-state index contributed by atoms with van der Waals surface area (Å²) in [6, 6.07) is 26.0. The minimum atomic E-state index is -0.999. The molecule has 0 bridgehead atoms. The molecule has 1 heterocycles. The Morgan fingerprint density at radius 1 is 0.739 bits per heavy atom. The molecule has 0 spiro atoms. The summed E-state index contributed by atoms with van der Waals surface area (Å²) in [5, 5.41) is 11.3. The van der Waals surface area contributed by atoms with Gasteiger partial charge in [0, 0.05) is 38.3 Å². The number of hydrogen-bond donors (Lipinski definition) is 1. The van der Waals surface area contributed by atoms with Gasteiger partial charge in [-0.3, -0.25) is 9.59 Å². The monoisotopic (exact) mass is 944 g/mol. The van der Waals surface area contributed by atoms with Crippen molar-refractivity contribution < 1.29 is 33.6 Å². The Labute approximate surface area is 415 Å². The highest BCUT2D eigenvalue weighted by Gasteiger charge is 2.59. The van der Waals surface area contributed by atoms with Crippen LogP contribution >= 0.6 is 0 Å². The van der Waals surface area contributed by atoms with Gasteiger partial charge in [0.1, 0.15) is 23.2 Å². The van der Waals surface area contributed by atoms with Crippen LogP contribution in [-0.4, -0.2) is 68.0 Å². The fourth-order valence-electron chi connectivity index (χ4n) is 14.6. The molecule has 3 aromatic rings. The molecule has 3 saturated carbocycles. The molecule has 0 radical (unpaired) electrons. The number of esters is 1. The summed E-state index contributed by atoms with van der Waals surface area (Å²) in [6.45, 7) is 13.5. The second kappa shape index (κ2) is 22.5. The number of carbonyl (C=O) groups is 2. The zero-order valence-corrected chi connectivity index (χ0v) is 43.3. The number of methoxy groups -OCH3 is 2. The lowest BCUT2D eigenvalue weighted by Crippen LogP contribution is -2.51. The summed E-state index contributed by atoms with van der Waals surface area (Å²) in [5.41, 5.74) is 4.11. The van der Waals surface area contributed by atoms with E-state index in [1.54, 1.807) is 24.7 Å². The number of allylic oxidation sites excluding steroid dienone is 1.